The van der Waals surface area contributed by atoms with E-state index in [4.69, 9.17) is 24.2 Å². The molecule has 0 bridgehead atoms. The molecule has 6 rings (SSSR count). The normalized spacial score (nSPS) is 16.2. The van der Waals surface area contributed by atoms with Crippen LogP contribution in [0.25, 0.3) is 28.3 Å². The number of hydrogen-bond donors (Lipinski definition) is 1. The van der Waals surface area contributed by atoms with Crippen molar-refractivity contribution in [3.8, 4) is 17.2 Å². The Balaban J connectivity index is 1.45. The van der Waals surface area contributed by atoms with Gasteiger partial charge in [0.1, 0.15) is 5.52 Å². The van der Waals surface area contributed by atoms with Gasteiger partial charge in [-0.1, -0.05) is 23.8 Å². The molecule has 0 radical (unpaired) electrons. The molecule has 4 heterocycles. The van der Waals surface area contributed by atoms with Crippen LogP contribution in [0.2, 0.25) is 0 Å². The van der Waals surface area contributed by atoms with Gasteiger partial charge in [-0.25, -0.2) is 9.67 Å². The molecular weight excluding hydrogens is 432 g/mol. The van der Waals surface area contributed by atoms with Gasteiger partial charge in [0.15, 0.2) is 17.2 Å². The number of hydrogen-bond acceptors (Lipinski definition) is 7. The number of nitrogens with zero attached hydrogens (tertiary/aromatic N) is 5. The van der Waals surface area contributed by atoms with Crippen molar-refractivity contribution in [3.05, 3.63) is 53.4 Å². The predicted octanol–water partition coefficient (Wildman–Crippen LogP) is 3.42. The van der Waals surface area contributed by atoms with Gasteiger partial charge in [0.05, 0.1) is 18.9 Å². The fourth-order valence-corrected chi connectivity index (χ4v) is 4.24. The average Bonchev–Trinajstić information content (AvgIpc) is 3.40. The van der Waals surface area contributed by atoms with Crippen LogP contribution in [-0.2, 0) is 4.74 Å². The van der Waals surface area contributed by atoms with Gasteiger partial charge in [-0.05, 0) is 38.8 Å². The zero-order chi connectivity index (χ0) is 23.2. The van der Waals surface area contributed by atoms with Crippen LogP contribution < -0.4 is 10.2 Å². The molecule has 1 aromatic carbocycles. The Morgan fingerprint density at radius 2 is 1.94 bits per heavy atom. The number of furan rings is 1. The van der Waals surface area contributed by atoms with E-state index in [-0.39, 0.29) is 11.9 Å². The Kier molecular flexibility index (Phi) is 5.06. The summed E-state index contributed by atoms with van der Waals surface area (Å²) in [6, 6.07) is 10.4. The van der Waals surface area contributed by atoms with E-state index in [0.29, 0.717) is 60.5 Å². The zero-order valence-corrected chi connectivity index (χ0v) is 19.2. The number of ether oxygens (including phenoxy) is 1. The van der Waals surface area contributed by atoms with Crippen LogP contribution in [0.15, 0.2) is 40.9 Å². The monoisotopic (exact) mass is 458 g/mol. The van der Waals surface area contributed by atoms with Crippen LogP contribution in [0.5, 0.6) is 0 Å². The summed E-state index contributed by atoms with van der Waals surface area (Å²) >= 11 is 0. The van der Waals surface area contributed by atoms with Gasteiger partial charge in [0.25, 0.3) is 11.9 Å². The van der Waals surface area contributed by atoms with Gasteiger partial charge < -0.3 is 19.4 Å². The number of fused-ring (bicyclic) bond motifs is 1. The first-order valence-electron chi connectivity index (χ1n) is 11.6. The molecule has 9 nitrogen and oxygen atoms in total. The lowest BCUT2D eigenvalue weighted by Crippen LogP contribution is -2.37. The van der Waals surface area contributed by atoms with Crippen molar-refractivity contribution in [2.24, 2.45) is 0 Å². The number of carbonyl (C=O) groups excluding carboxylic acids is 1. The third-order valence-electron chi connectivity index (χ3n) is 6.27. The molecular formula is C25H26N6O3. The van der Waals surface area contributed by atoms with E-state index in [1.54, 1.807) is 4.68 Å². The molecule has 0 unspecified atom stereocenters. The number of morpholine rings is 1. The minimum Gasteiger partial charge on any atom is -0.445 e. The summed E-state index contributed by atoms with van der Waals surface area (Å²) in [6.07, 6.45) is 3.88. The quantitative estimate of drug-likeness (QED) is 0.489. The largest absolute Gasteiger partial charge is 0.445 e. The van der Waals surface area contributed by atoms with E-state index in [9.17, 15) is 4.79 Å². The Labute approximate surface area is 196 Å². The third-order valence-corrected chi connectivity index (χ3v) is 6.27. The highest BCUT2D eigenvalue weighted by Crippen LogP contribution is 2.33. The molecule has 0 spiro atoms. The lowest BCUT2D eigenvalue weighted by Gasteiger charge is -2.27. The molecule has 1 saturated heterocycles. The number of aromatic nitrogens is 4. The first-order valence-corrected chi connectivity index (χ1v) is 11.6. The van der Waals surface area contributed by atoms with Crippen molar-refractivity contribution in [2.75, 3.05) is 31.2 Å². The Morgan fingerprint density at radius 3 is 2.71 bits per heavy atom. The van der Waals surface area contributed by atoms with Gasteiger partial charge in [-0.2, -0.15) is 10.1 Å². The molecule has 1 amide bonds. The van der Waals surface area contributed by atoms with Gasteiger partial charge in [0.2, 0.25) is 0 Å². The number of amides is 1. The maximum absolute atomic E-state index is 12.8. The van der Waals surface area contributed by atoms with Crippen molar-refractivity contribution in [2.45, 2.75) is 32.7 Å². The molecule has 2 fully saturated rings. The lowest BCUT2D eigenvalue weighted by atomic mass is 10.1. The Hall–Kier alpha value is -3.72. The number of carbonyl (C=O) groups is 1. The minimum atomic E-state index is -0.201. The second-order valence-electron chi connectivity index (χ2n) is 8.94. The summed E-state index contributed by atoms with van der Waals surface area (Å²) in [7, 11) is 0. The molecule has 1 saturated carbocycles. The fourth-order valence-electron chi connectivity index (χ4n) is 4.24. The van der Waals surface area contributed by atoms with Crippen LogP contribution in [-0.4, -0.2) is 58.0 Å². The molecule has 1 aliphatic heterocycles. The molecule has 3 aromatic heterocycles. The molecule has 174 valence electrons. The van der Waals surface area contributed by atoms with Crippen molar-refractivity contribution >= 4 is 22.8 Å². The molecule has 0 atom stereocenters. The molecule has 1 aliphatic carbocycles. The zero-order valence-electron chi connectivity index (χ0n) is 19.2. The predicted molar refractivity (Wildman–Crippen MR) is 127 cm³/mol. The van der Waals surface area contributed by atoms with Gasteiger partial charge in [-0.3, -0.25) is 4.79 Å². The molecule has 2 aliphatic rings. The van der Waals surface area contributed by atoms with E-state index in [1.165, 1.54) is 5.56 Å². The number of nitrogens with one attached hydrogen (secondary N) is 1. The summed E-state index contributed by atoms with van der Waals surface area (Å²) in [5.41, 5.74) is 4.90. The summed E-state index contributed by atoms with van der Waals surface area (Å²) in [5, 5.41) is 7.75. The van der Waals surface area contributed by atoms with Gasteiger partial charge in [-0.15, -0.1) is 0 Å². The van der Waals surface area contributed by atoms with Crippen molar-refractivity contribution in [1.29, 1.82) is 0 Å². The van der Waals surface area contributed by atoms with Crippen molar-refractivity contribution in [3.63, 3.8) is 0 Å². The van der Waals surface area contributed by atoms with Crippen molar-refractivity contribution in [1.82, 2.24) is 25.1 Å². The highest BCUT2D eigenvalue weighted by Gasteiger charge is 2.29. The maximum atomic E-state index is 12.8. The molecule has 4 aromatic rings. The van der Waals surface area contributed by atoms with E-state index >= 15 is 0 Å². The first-order chi connectivity index (χ1) is 16.6. The van der Waals surface area contributed by atoms with E-state index in [0.717, 1.165) is 24.1 Å². The second kappa shape index (κ2) is 8.25. The van der Waals surface area contributed by atoms with E-state index in [2.05, 4.69) is 29.3 Å². The number of rotatable bonds is 5. The number of benzene rings is 1. The van der Waals surface area contributed by atoms with Crippen LogP contribution in [0.3, 0.4) is 0 Å². The van der Waals surface area contributed by atoms with Crippen LogP contribution >= 0.6 is 0 Å². The minimum absolute atomic E-state index is 0.201. The summed E-state index contributed by atoms with van der Waals surface area (Å²) in [5.74, 6) is 1.19. The smallest absolute Gasteiger partial charge is 0.287 e. The first kappa shape index (κ1) is 20.9. The number of anilines is 1. The lowest BCUT2D eigenvalue weighted by molar-refractivity contribution is 0.0924. The highest BCUT2D eigenvalue weighted by atomic mass is 16.5. The third kappa shape index (κ3) is 3.81. The standard InChI is InChI=1S/C25H26N6O3/c1-15-4-3-5-17(14-15)19-8-9-31(29-19)25-27-20-16(2)21(24(32)26-18-6-7-18)34-22(20)23(28-25)30-10-12-33-13-11-30/h3-5,8-9,14,18H,6-7,10-13H2,1-2H3,(H,26,32). The SMILES string of the molecule is Cc1cccc(-c2ccn(-c3nc(N4CCOCC4)c4oc(C(=O)NC5CC5)c(C)c4n3)n2)c1. The van der Waals surface area contributed by atoms with E-state index in [1.807, 2.05) is 31.3 Å². The summed E-state index contributed by atoms with van der Waals surface area (Å²) < 4.78 is 13.3. The molecule has 9 heteroatoms. The Bertz CT molecular complexity index is 1380. The van der Waals surface area contributed by atoms with Crippen LogP contribution in [0, 0.1) is 13.8 Å². The fraction of sp³-hybridized carbons (Fsp3) is 0.360. The van der Waals surface area contributed by atoms with Crippen molar-refractivity contribution < 1.29 is 13.9 Å². The summed E-state index contributed by atoms with van der Waals surface area (Å²) in [4.78, 5) is 24.6. The highest BCUT2D eigenvalue weighted by molar-refractivity contribution is 6.00. The molecule has 34 heavy (non-hydrogen) atoms. The maximum Gasteiger partial charge on any atom is 0.287 e. The van der Waals surface area contributed by atoms with Gasteiger partial charge in [0, 0.05) is 36.5 Å². The summed E-state index contributed by atoms with van der Waals surface area (Å²) in [6.45, 7) is 6.51. The van der Waals surface area contributed by atoms with E-state index < -0.39 is 0 Å². The second-order valence-corrected chi connectivity index (χ2v) is 8.94. The topological polar surface area (TPSA) is 98.3 Å². The average molecular weight is 459 g/mol. The molecule has 1 N–H and O–H groups in total. The van der Waals surface area contributed by atoms with Gasteiger partial charge >= 0.3 is 0 Å². The number of aryl methyl sites for hydroxylation is 2. The van der Waals surface area contributed by atoms with Crippen LogP contribution in [0.1, 0.15) is 34.5 Å². The Morgan fingerprint density at radius 1 is 1.12 bits per heavy atom. The van der Waals surface area contributed by atoms with Crippen LogP contribution in [0.4, 0.5) is 5.82 Å².